The Labute approximate surface area is 122 Å². The number of rotatable bonds is 3. The predicted octanol–water partition coefficient (Wildman–Crippen LogP) is 3.49. The van der Waals surface area contributed by atoms with Crippen LogP contribution in [0.3, 0.4) is 0 Å². The van der Waals surface area contributed by atoms with E-state index in [1.54, 1.807) is 12.1 Å². The molecule has 3 rings (SSSR count). The van der Waals surface area contributed by atoms with Gasteiger partial charge < -0.3 is 10.3 Å². The highest BCUT2D eigenvalue weighted by Gasteiger charge is 2.09. The molecule has 1 aromatic heterocycles. The van der Waals surface area contributed by atoms with Gasteiger partial charge in [-0.1, -0.05) is 30.3 Å². The van der Waals surface area contributed by atoms with Crippen molar-refractivity contribution in [1.82, 2.24) is 4.98 Å². The molecular formula is C17H13N3O. The summed E-state index contributed by atoms with van der Waals surface area (Å²) in [6, 6.07) is 18.9. The monoisotopic (exact) mass is 275 g/mol. The Morgan fingerprint density at radius 2 is 1.90 bits per heavy atom. The van der Waals surface area contributed by atoms with Crippen LogP contribution in [0.4, 0.5) is 5.69 Å². The highest BCUT2D eigenvalue weighted by molar-refractivity contribution is 6.05. The minimum Gasteiger partial charge on any atom is -0.351 e. The Hall–Kier alpha value is -3.06. The van der Waals surface area contributed by atoms with Gasteiger partial charge in [-0.2, -0.15) is 5.26 Å². The quantitative estimate of drug-likeness (QED) is 0.768. The van der Waals surface area contributed by atoms with Crippen molar-refractivity contribution in [3.8, 4) is 6.07 Å². The van der Waals surface area contributed by atoms with Gasteiger partial charge >= 0.3 is 0 Å². The summed E-state index contributed by atoms with van der Waals surface area (Å²) >= 11 is 0. The van der Waals surface area contributed by atoms with Crippen LogP contribution in [0, 0.1) is 11.3 Å². The second kappa shape index (κ2) is 5.51. The topological polar surface area (TPSA) is 68.7 Å². The summed E-state index contributed by atoms with van der Waals surface area (Å²) in [6.45, 7) is 0. The Morgan fingerprint density at radius 3 is 2.62 bits per heavy atom. The van der Waals surface area contributed by atoms with Crippen LogP contribution in [0.2, 0.25) is 0 Å². The summed E-state index contributed by atoms with van der Waals surface area (Å²) in [4.78, 5) is 15.3. The number of aromatic amines is 1. The maximum atomic E-state index is 12.2. The zero-order valence-electron chi connectivity index (χ0n) is 11.3. The number of nitriles is 1. The minimum absolute atomic E-state index is 0.181. The van der Waals surface area contributed by atoms with E-state index in [1.165, 1.54) is 0 Å². The van der Waals surface area contributed by atoms with Crippen LogP contribution in [-0.4, -0.2) is 10.9 Å². The van der Waals surface area contributed by atoms with Gasteiger partial charge in [0.25, 0.3) is 5.91 Å². The molecule has 2 aromatic carbocycles. The zero-order valence-corrected chi connectivity index (χ0v) is 11.3. The van der Waals surface area contributed by atoms with Gasteiger partial charge in [0.05, 0.1) is 12.5 Å². The molecule has 102 valence electrons. The standard InChI is InChI=1S/C17H13N3O/c18-10-9-12-5-7-14(8-6-12)19-17(21)16-11-13-3-1-2-4-15(13)20-16/h1-8,11,20H,9H2,(H,19,21). The summed E-state index contributed by atoms with van der Waals surface area (Å²) in [5.41, 5.74) is 3.10. The van der Waals surface area contributed by atoms with Gasteiger partial charge in [0, 0.05) is 16.6 Å². The molecule has 0 saturated heterocycles. The first kappa shape index (κ1) is 12.9. The molecular weight excluding hydrogens is 262 g/mol. The van der Waals surface area contributed by atoms with Crippen molar-refractivity contribution < 1.29 is 4.79 Å². The molecule has 3 aromatic rings. The molecule has 2 N–H and O–H groups in total. The van der Waals surface area contributed by atoms with Gasteiger partial charge in [-0.3, -0.25) is 4.79 Å². The SMILES string of the molecule is N#CCc1ccc(NC(=O)c2cc3ccccc3[nH]2)cc1. The lowest BCUT2D eigenvalue weighted by atomic mass is 10.1. The fraction of sp³-hybridized carbons (Fsp3) is 0.0588. The number of carbonyl (C=O) groups excluding carboxylic acids is 1. The van der Waals surface area contributed by atoms with Crippen LogP contribution in [0.5, 0.6) is 0 Å². The number of hydrogen-bond donors (Lipinski definition) is 2. The average Bonchev–Trinajstić information content (AvgIpc) is 2.94. The molecule has 0 aliphatic rings. The molecule has 0 radical (unpaired) electrons. The molecule has 0 unspecified atom stereocenters. The fourth-order valence-electron chi connectivity index (χ4n) is 2.19. The van der Waals surface area contributed by atoms with Crippen LogP contribution in [0.1, 0.15) is 16.1 Å². The van der Waals surface area contributed by atoms with E-state index >= 15 is 0 Å². The molecule has 0 atom stereocenters. The average molecular weight is 275 g/mol. The van der Waals surface area contributed by atoms with Gasteiger partial charge in [0.1, 0.15) is 5.69 Å². The number of aromatic nitrogens is 1. The summed E-state index contributed by atoms with van der Waals surface area (Å²) < 4.78 is 0. The van der Waals surface area contributed by atoms with E-state index in [4.69, 9.17) is 5.26 Å². The third kappa shape index (κ3) is 2.77. The number of amides is 1. The van der Waals surface area contributed by atoms with Crippen molar-refractivity contribution in [2.75, 3.05) is 5.32 Å². The number of para-hydroxylation sites is 1. The first-order valence-electron chi connectivity index (χ1n) is 6.61. The largest absolute Gasteiger partial charge is 0.351 e. The number of anilines is 1. The van der Waals surface area contributed by atoms with Gasteiger partial charge in [0.2, 0.25) is 0 Å². The normalized spacial score (nSPS) is 10.2. The predicted molar refractivity (Wildman–Crippen MR) is 82.0 cm³/mol. The number of H-pyrrole nitrogens is 1. The van der Waals surface area contributed by atoms with E-state index in [9.17, 15) is 4.79 Å². The van der Waals surface area contributed by atoms with E-state index in [1.807, 2.05) is 42.5 Å². The molecule has 4 nitrogen and oxygen atoms in total. The molecule has 0 aliphatic heterocycles. The lowest BCUT2D eigenvalue weighted by Gasteiger charge is -2.04. The first-order valence-corrected chi connectivity index (χ1v) is 6.61. The number of benzene rings is 2. The van der Waals surface area contributed by atoms with Gasteiger partial charge in [0.15, 0.2) is 0 Å². The highest BCUT2D eigenvalue weighted by atomic mass is 16.1. The van der Waals surface area contributed by atoms with E-state index in [0.29, 0.717) is 17.8 Å². The number of hydrogen-bond acceptors (Lipinski definition) is 2. The summed E-state index contributed by atoms with van der Waals surface area (Å²) in [5.74, 6) is -0.181. The van der Waals surface area contributed by atoms with Crippen LogP contribution in [-0.2, 0) is 6.42 Å². The number of nitrogens with one attached hydrogen (secondary N) is 2. The summed E-state index contributed by atoms with van der Waals surface area (Å²) in [6.07, 6.45) is 0.371. The van der Waals surface area contributed by atoms with E-state index in [-0.39, 0.29) is 5.91 Å². The van der Waals surface area contributed by atoms with Gasteiger partial charge in [-0.05, 0) is 29.8 Å². The van der Waals surface area contributed by atoms with Crippen molar-refractivity contribution in [3.05, 3.63) is 65.9 Å². The van der Waals surface area contributed by atoms with Crippen LogP contribution in [0.25, 0.3) is 10.9 Å². The maximum Gasteiger partial charge on any atom is 0.272 e. The number of carbonyl (C=O) groups is 1. The van der Waals surface area contributed by atoms with Crippen LogP contribution >= 0.6 is 0 Å². The van der Waals surface area contributed by atoms with Crippen molar-refractivity contribution in [2.45, 2.75) is 6.42 Å². The Morgan fingerprint density at radius 1 is 1.14 bits per heavy atom. The summed E-state index contributed by atoms with van der Waals surface area (Å²) in [5, 5.41) is 12.5. The second-order valence-corrected chi connectivity index (χ2v) is 4.76. The van der Waals surface area contributed by atoms with Crippen molar-refractivity contribution in [2.24, 2.45) is 0 Å². The highest BCUT2D eigenvalue weighted by Crippen LogP contribution is 2.16. The molecule has 0 fully saturated rings. The van der Waals surface area contributed by atoms with Gasteiger partial charge in [-0.25, -0.2) is 0 Å². The second-order valence-electron chi connectivity index (χ2n) is 4.76. The molecule has 0 bridgehead atoms. The van der Waals surface area contributed by atoms with Crippen molar-refractivity contribution in [1.29, 1.82) is 5.26 Å². The van der Waals surface area contributed by atoms with E-state index < -0.39 is 0 Å². The van der Waals surface area contributed by atoms with Crippen molar-refractivity contribution >= 4 is 22.5 Å². The molecule has 1 amide bonds. The molecule has 0 saturated carbocycles. The Balaban J connectivity index is 1.78. The van der Waals surface area contributed by atoms with Crippen LogP contribution < -0.4 is 5.32 Å². The Bertz CT molecular complexity index is 792. The first-order chi connectivity index (χ1) is 10.3. The molecule has 0 spiro atoms. The number of nitrogens with zero attached hydrogens (tertiary/aromatic N) is 1. The van der Waals surface area contributed by atoms with Gasteiger partial charge in [-0.15, -0.1) is 0 Å². The molecule has 4 heteroatoms. The van der Waals surface area contributed by atoms with Crippen LogP contribution in [0.15, 0.2) is 54.6 Å². The maximum absolute atomic E-state index is 12.2. The third-order valence-electron chi connectivity index (χ3n) is 3.27. The zero-order chi connectivity index (χ0) is 14.7. The van der Waals surface area contributed by atoms with Crippen molar-refractivity contribution in [3.63, 3.8) is 0 Å². The third-order valence-corrected chi connectivity index (χ3v) is 3.27. The van der Waals surface area contributed by atoms with E-state index in [2.05, 4.69) is 16.4 Å². The van der Waals surface area contributed by atoms with E-state index in [0.717, 1.165) is 16.5 Å². The molecule has 0 aliphatic carbocycles. The number of fused-ring (bicyclic) bond motifs is 1. The smallest absolute Gasteiger partial charge is 0.272 e. The lowest BCUT2D eigenvalue weighted by molar-refractivity contribution is 0.102. The lowest BCUT2D eigenvalue weighted by Crippen LogP contribution is -2.12. The minimum atomic E-state index is -0.181. The molecule has 1 heterocycles. The fourth-order valence-corrected chi connectivity index (χ4v) is 2.19. The Kier molecular flexibility index (Phi) is 3.40. The molecule has 21 heavy (non-hydrogen) atoms. The summed E-state index contributed by atoms with van der Waals surface area (Å²) in [7, 11) is 0.